The molecule has 2 aromatic heterocycles. The van der Waals surface area contributed by atoms with Crippen molar-refractivity contribution in [3.8, 4) is 22.5 Å². The van der Waals surface area contributed by atoms with Crippen molar-refractivity contribution < 1.29 is 13.6 Å². The number of piperidine rings is 1. The van der Waals surface area contributed by atoms with Crippen molar-refractivity contribution in [2.24, 2.45) is 0 Å². The van der Waals surface area contributed by atoms with Crippen LogP contribution < -0.4 is 5.43 Å². The largest absolute Gasteiger partial charge is 0.286 e. The van der Waals surface area contributed by atoms with E-state index >= 15 is 0 Å². The van der Waals surface area contributed by atoms with Crippen LogP contribution in [0.25, 0.3) is 22.5 Å². The van der Waals surface area contributed by atoms with E-state index in [1.54, 1.807) is 48.5 Å². The van der Waals surface area contributed by atoms with E-state index in [-0.39, 0.29) is 43.9 Å². The lowest BCUT2D eigenvalue weighted by atomic mass is 10.0. The zero-order chi connectivity index (χ0) is 26.0. The second-order valence-electron chi connectivity index (χ2n) is 8.48. The van der Waals surface area contributed by atoms with Crippen LogP contribution in [0.4, 0.5) is 8.78 Å². The Morgan fingerprint density at radius 2 is 1.49 bits per heavy atom. The van der Waals surface area contributed by atoms with Crippen molar-refractivity contribution >= 4 is 29.1 Å². The normalized spacial score (nSPS) is 15.5. The Morgan fingerprint density at radius 1 is 0.919 bits per heavy atom. The van der Waals surface area contributed by atoms with E-state index in [1.807, 2.05) is 0 Å². The fourth-order valence-electron chi connectivity index (χ4n) is 3.92. The molecule has 2 aromatic carbocycles. The van der Waals surface area contributed by atoms with E-state index in [0.29, 0.717) is 27.0 Å². The topological polar surface area (TPSA) is 102 Å². The van der Waals surface area contributed by atoms with Crippen molar-refractivity contribution in [3.05, 3.63) is 76.3 Å². The summed E-state index contributed by atoms with van der Waals surface area (Å²) < 4.78 is 27.2. The molecule has 9 nitrogen and oxygen atoms in total. The van der Waals surface area contributed by atoms with Crippen molar-refractivity contribution in [3.63, 3.8) is 0 Å². The predicted molar refractivity (Wildman–Crippen MR) is 133 cm³/mol. The minimum absolute atomic E-state index is 0.00924. The SMILES string of the molecule is O=C(NN1CCC(F)(F)CC1)c1nc(-c2ccc(Cl)cc2)c(-c2ccc(Cl)cc2)nc1Cn1ncnn1. The lowest BCUT2D eigenvalue weighted by Crippen LogP contribution is -2.49. The van der Waals surface area contributed by atoms with Gasteiger partial charge >= 0.3 is 0 Å². The van der Waals surface area contributed by atoms with Crippen molar-refractivity contribution in [2.45, 2.75) is 25.3 Å². The molecule has 190 valence electrons. The van der Waals surface area contributed by atoms with Gasteiger partial charge in [0.05, 0.1) is 17.1 Å². The van der Waals surface area contributed by atoms with E-state index in [9.17, 15) is 13.6 Å². The van der Waals surface area contributed by atoms with Gasteiger partial charge in [-0.05, 0) is 29.5 Å². The fourth-order valence-corrected chi connectivity index (χ4v) is 4.17. The van der Waals surface area contributed by atoms with E-state index < -0.39 is 11.8 Å². The van der Waals surface area contributed by atoms with Gasteiger partial charge in [-0.3, -0.25) is 10.2 Å². The number of alkyl halides is 2. The number of aromatic nitrogens is 6. The average molecular weight is 545 g/mol. The zero-order valence-electron chi connectivity index (χ0n) is 19.3. The summed E-state index contributed by atoms with van der Waals surface area (Å²) in [5.74, 6) is -3.32. The van der Waals surface area contributed by atoms with Crippen LogP contribution in [0, 0.1) is 0 Å². The van der Waals surface area contributed by atoms with Crippen LogP contribution in [-0.4, -0.2) is 60.1 Å². The monoisotopic (exact) mass is 544 g/mol. The number of rotatable bonds is 6. The lowest BCUT2D eigenvalue weighted by molar-refractivity contribution is -0.0631. The number of benzene rings is 2. The highest BCUT2D eigenvalue weighted by Crippen LogP contribution is 2.32. The maximum absolute atomic E-state index is 13.6. The molecule has 5 rings (SSSR count). The molecule has 0 saturated carbocycles. The highest BCUT2D eigenvalue weighted by molar-refractivity contribution is 6.31. The van der Waals surface area contributed by atoms with Gasteiger partial charge in [0.1, 0.15) is 6.54 Å². The van der Waals surface area contributed by atoms with Crippen LogP contribution in [0.2, 0.25) is 10.0 Å². The van der Waals surface area contributed by atoms with Gasteiger partial charge in [0, 0.05) is 47.1 Å². The molecule has 0 spiro atoms. The number of amides is 1. The Morgan fingerprint density at radius 3 is 2.03 bits per heavy atom. The maximum Gasteiger partial charge on any atom is 0.286 e. The number of hydrogen-bond donors (Lipinski definition) is 1. The molecule has 1 amide bonds. The molecular weight excluding hydrogens is 525 g/mol. The quantitative estimate of drug-likeness (QED) is 0.380. The summed E-state index contributed by atoms with van der Waals surface area (Å²) in [6.45, 7) is 0.0351. The van der Waals surface area contributed by atoms with Crippen LogP contribution in [-0.2, 0) is 6.54 Å². The van der Waals surface area contributed by atoms with Crippen molar-refractivity contribution in [2.75, 3.05) is 13.1 Å². The zero-order valence-corrected chi connectivity index (χ0v) is 20.8. The van der Waals surface area contributed by atoms with Crippen LogP contribution >= 0.6 is 23.2 Å². The first-order valence-corrected chi connectivity index (χ1v) is 12.1. The number of hydrazine groups is 1. The van der Waals surface area contributed by atoms with Gasteiger partial charge in [0.25, 0.3) is 11.8 Å². The highest BCUT2D eigenvalue weighted by Gasteiger charge is 2.35. The minimum atomic E-state index is -2.74. The molecule has 1 aliphatic heterocycles. The van der Waals surface area contributed by atoms with Gasteiger partial charge in [-0.25, -0.2) is 23.8 Å². The molecule has 3 heterocycles. The molecule has 1 saturated heterocycles. The number of nitrogens with one attached hydrogen (secondary N) is 1. The third kappa shape index (κ3) is 5.90. The average Bonchev–Trinajstić information content (AvgIpc) is 3.39. The standard InChI is InChI=1S/C24H20Cl2F2N8O/c25-17-5-1-15(2-6-17)20-21(16-3-7-18(26)8-4-16)32-22(19(31-20)13-36-30-14-29-34-36)23(37)33-35-11-9-24(27,28)10-12-35/h1-8,14H,9-13H2,(H,33,37). The molecule has 0 aliphatic carbocycles. The van der Waals surface area contributed by atoms with Gasteiger partial charge in [0.15, 0.2) is 12.0 Å². The number of tetrazole rings is 1. The van der Waals surface area contributed by atoms with Gasteiger partial charge < -0.3 is 0 Å². The van der Waals surface area contributed by atoms with Crippen molar-refractivity contribution in [1.29, 1.82) is 0 Å². The first kappa shape index (κ1) is 25.1. The van der Waals surface area contributed by atoms with Crippen molar-refractivity contribution in [1.82, 2.24) is 40.6 Å². The highest BCUT2D eigenvalue weighted by atomic mass is 35.5. The maximum atomic E-state index is 13.6. The molecule has 1 aliphatic rings. The molecule has 1 N–H and O–H groups in total. The minimum Gasteiger partial charge on any atom is -0.283 e. The van der Waals surface area contributed by atoms with Crippen LogP contribution in [0.15, 0.2) is 54.9 Å². The van der Waals surface area contributed by atoms with E-state index in [1.165, 1.54) is 16.1 Å². The predicted octanol–water partition coefficient (Wildman–Crippen LogP) is 4.53. The van der Waals surface area contributed by atoms with E-state index in [4.69, 9.17) is 33.2 Å². The number of carbonyl (C=O) groups is 1. The second-order valence-corrected chi connectivity index (χ2v) is 9.35. The first-order valence-electron chi connectivity index (χ1n) is 11.3. The third-order valence-corrected chi connectivity index (χ3v) is 6.36. The lowest BCUT2D eigenvalue weighted by Gasteiger charge is -2.31. The third-order valence-electron chi connectivity index (χ3n) is 5.86. The van der Waals surface area contributed by atoms with Crippen LogP contribution in [0.3, 0.4) is 0 Å². The van der Waals surface area contributed by atoms with Gasteiger partial charge in [0.2, 0.25) is 0 Å². The molecule has 37 heavy (non-hydrogen) atoms. The molecule has 4 aromatic rings. The summed E-state index contributed by atoms with van der Waals surface area (Å²) in [5, 5.41) is 14.2. The Labute approximate surface area is 220 Å². The molecule has 1 fully saturated rings. The molecular formula is C24H20Cl2F2N8O. The Hall–Kier alpha value is -3.54. The summed E-state index contributed by atoms with van der Waals surface area (Å²) in [7, 11) is 0. The number of halogens is 4. The molecule has 13 heteroatoms. The molecule has 0 unspecified atom stereocenters. The Kier molecular flexibility index (Phi) is 7.09. The number of nitrogens with zero attached hydrogens (tertiary/aromatic N) is 7. The summed E-state index contributed by atoms with van der Waals surface area (Å²) in [6, 6.07) is 14.0. The van der Waals surface area contributed by atoms with Gasteiger partial charge in [-0.1, -0.05) is 47.5 Å². The van der Waals surface area contributed by atoms with E-state index in [2.05, 4.69) is 20.8 Å². The number of carbonyl (C=O) groups excluding carboxylic acids is 1. The summed E-state index contributed by atoms with van der Waals surface area (Å²) in [5.41, 5.74) is 5.33. The van der Waals surface area contributed by atoms with Gasteiger partial charge in [-0.2, -0.15) is 4.80 Å². The summed E-state index contributed by atoms with van der Waals surface area (Å²) >= 11 is 12.2. The summed E-state index contributed by atoms with van der Waals surface area (Å²) in [6.07, 6.45) is 0.573. The summed E-state index contributed by atoms with van der Waals surface area (Å²) in [4.78, 5) is 24.2. The van der Waals surface area contributed by atoms with Gasteiger partial charge in [-0.15, -0.1) is 10.2 Å². The first-order chi connectivity index (χ1) is 17.8. The molecule has 0 bridgehead atoms. The molecule has 0 radical (unpaired) electrons. The molecule has 0 atom stereocenters. The Bertz CT molecular complexity index is 1390. The fraction of sp³-hybridized carbons (Fsp3) is 0.250. The van der Waals surface area contributed by atoms with E-state index in [0.717, 1.165) is 5.56 Å². The van der Waals surface area contributed by atoms with Crippen LogP contribution in [0.5, 0.6) is 0 Å². The number of hydrogen-bond acceptors (Lipinski definition) is 7. The smallest absolute Gasteiger partial charge is 0.283 e. The Balaban J connectivity index is 1.60. The second kappa shape index (κ2) is 10.4. The van der Waals surface area contributed by atoms with Crippen LogP contribution in [0.1, 0.15) is 29.0 Å².